The molecular weight excluding hydrogens is 417 g/mol. The Kier molecular flexibility index (Phi) is 5.56. The number of hydrogen-bond donors (Lipinski definition) is 1. The van der Waals surface area contributed by atoms with Crippen LogP contribution in [-0.4, -0.2) is 4.98 Å². The van der Waals surface area contributed by atoms with Gasteiger partial charge in [0, 0.05) is 15.5 Å². The quantitative estimate of drug-likeness (QED) is 0.580. The molecule has 0 saturated carbocycles. The van der Waals surface area contributed by atoms with Crippen LogP contribution in [0.4, 0.5) is 0 Å². The first-order chi connectivity index (χ1) is 11.2. The average Bonchev–Trinajstić information content (AvgIpc) is 2.59. The lowest BCUT2D eigenvalue weighted by atomic mass is 10.1. The van der Waals surface area contributed by atoms with Crippen molar-refractivity contribution in [3.8, 4) is 0 Å². The van der Waals surface area contributed by atoms with E-state index in [9.17, 15) is 4.79 Å². The van der Waals surface area contributed by atoms with Crippen molar-refractivity contribution in [2.24, 2.45) is 0 Å². The third-order valence-electron chi connectivity index (χ3n) is 3.49. The molecule has 1 N–H and O–H groups in total. The van der Waals surface area contributed by atoms with Gasteiger partial charge in [0.2, 0.25) is 0 Å². The third kappa shape index (κ3) is 4.48. The van der Waals surface area contributed by atoms with Gasteiger partial charge >= 0.3 is 0 Å². The van der Waals surface area contributed by atoms with E-state index in [0.29, 0.717) is 0 Å². The zero-order valence-electron chi connectivity index (χ0n) is 12.5. The van der Waals surface area contributed by atoms with Crippen LogP contribution in [0, 0.1) is 3.57 Å². The van der Waals surface area contributed by atoms with Crippen LogP contribution in [0.15, 0.2) is 81.3 Å². The Morgan fingerprint density at radius 1 is 0.913 bits per heavy atom. The smallest absolute Gasteiger partial charge is 0.262 e. The summed E-state index contributed by atoms with van der Waals surface area (Å²) in [5.41, 5.74) is 2.26. The highest BCUT2D eigenvalue weighted by atomic mass is 127. The Labute approximate surface area is 153 Å². The molecule has 0 bridgehead atoms. The largest absolute Gasteiger partial charge is 0.325 e. The van der Waals surface area contributed by atoms with Gasteiger partial charge in [-0.2, -0.15) is 0 Å². The van der Waals surface area contributed by atoms with E-state index in [0.717, 1.165) is 31.9 Å². The van der Waals surface area contributed by atoms with Crippen LogP contribution in [0.3, 0.4) is 0 Å². The molecular formula is C19H16INOS. The van der Waals surface area contributed by atoms with Crippen molar-refractivity contribution in [2.45, 2.75) is 22.6 Å². The summed E-state index contributed by atoms with van der Waals surface area (Å²) in [6.45, 7) is 0. The SMILES string of the molecule is O=c1[nH]c(CCc2ccccc2)cc(Sc2ccccc2)c1I. The zero-order chi connectivity index (χ0) is 16.1. The molecule has 3 rings (SSSR count). The molecule has 0 atom stereocenters. The minimum atomic E-state index is -0.00501. The van der Waals surface area contributed by atoms with Gasteiger partial charge in [0.15, 0.2) is 0 Å². The van der Waals surface area contributed by atoms with E-state index in [2.05, 4.69) is 57.9 Å². The lowest BCUT2D eigenvalue weighted by Gasteiger charge is -2.08. The van der Waals surface area contributed by atoms with Gasteiger partial charge < -0.3 is 4.98 Å². The number of pyridine rings is 1. The molecule has 1 heterocycles. The summed E-state index contributed by atoms with van der Waals surface area (Å²) in [6.07, 6.45) is 1.76. The maximum atomic E-state index is 12.2. The van der Waals surface area contributed by atoms with Crippen molar-refractivity contribution in [2.75, 3.05) is 0 Å². The van der Waals surface area contributed by atoms with Crippen LogP contribution in [0.2, 0.25) is 0 Å². The second-order valence-electron chi connectivity index (χ2n) is 5.20. The minimum Gasteiger partial charge on any atom is -0.325 e. The Morgan fingerprint density at radius 3 is 2.26 bits per heavy atom. The van der Waals surface area contributed by atoms with Crippen LogP contribution < -0.4 is 5.56 Å². The third-order valence-corrected chi connectivity index (χ3v) is 5.98. The van der Waals surface area contributed by atoms with Gasteiger partial charge in [0.05, 0.1) is 3.57 Å². The normalized spacial score (nSPS) is 10.7. The summed E-state index contributed by atoms with van der Waals surface area (Å²) in [7, 11) is 0. The maximum absolute atomic E-state index is 12.2. The number of aryl methyl sites for hydroxylation is 2. The first kappa shape index (κ1) is 16.3. The molecule has 0 amide bonds. The lowest BCUT2D eigenvalue weighted by molar-refractivity contribution is 0.890. The van der Waals surface area contributed by atoms with Crippen molar-refractivity contribution >= 4 is 34.4 Å². The number of nitrogens with one attached hydrogen (secondary N) is 1. The number of rotatable bonds is 5. The number of aromatic amines is 1. The summed E-state index contributed by atoms with van der Waals surface area (Å²) in [5, 5.41) is 0. The van der Waals surface area contributed by atoms with Crippen LogP contribution in [0.1, 0.15) is 11.3 Å². The van der Waals surface area contributed by atoms with E-state index in [1.54, 1.807) is 11.8 Å². The zero-order valence-corrected chi connectivity index (χ0v) is 15.4. The molecule has 0 spiro atoms. The van der Waals surface area contributed by atoms with Crippen LogP contribution in [-0.2, 0) is 12.8 Å². The van der Waals surface area contributed by atoms with E-state index < -0.39 is 0 Å². The molecule has 2 nitrogen and oxygen atoms in total. The number of aromatic nitrogens is 1. The van der Waals surface area contributed by atoms with Crippen LogP contribution in [0.25, 0.3) is 0 Å². The van der Waals surface area contributed by atoms with Crippen molar-refractivity contribution in [3.63, 3.8) is 0 Å². The van der Waals surface area contributed by atoms with Gasteiger partial charge in [-0.15, -0.1) is 0 Å². The first-order valence-electron chi connectivity index (χ1n) is 7.41. The molecule has 0 aliphatic rings. The summed E-state index contributed by atoms with van der Waals surface area (Å²) in [5.74, 6) is 0. The highest BCUT2D eigenvalue weighted by Crippen LogP contribution is 2.30. The average molecular weight is 433 g/mol. The summed E-state index contributed by atoms with van der Waals surface area (Å²) < 4.78 is 0.750. The van der Waals surface area contributed by atoms with E-state index in [1.165, 1.54) is 5.56 Å². The summed E-state index contributed by atoms with van der Waals surface area (Å²) >= 11 is 3.76. The topological polar surface area (TPSA) is 32.9 Å². The van der Waals surface area contributed by atoms with Gasteiger partial charge in [-0.05, 0) is 59.2 Å². The van der Waals surface area contributed by atoms with Crippen LogP contribution in [0.5, 0.6) is 0 Å². The molecule has 4 heteroatoms. The minimum absolute atomic E-state index is 0.00501. The molecule has 1 aromatic heterocycles. The fourth-order valence-electron chi connectivity index (χ4n) is 2.32. The molecule has 2 aromatic carbocycles. The molecule has 23 heavy (non-hydrogen) atoms. The molecule has 0 radical (unpaired) electrons. The fraction of sp³-hybridized carbons (Fsp3) is 0.105. The molecule has 0 aliphatic carbocycles. The highest BCUT2D eigenvalue weighted by Gasteiger charge is 2.09. The van der Waals surface area contributed by atoms with Gasteiger partial charge in [-0.3, -0.25) is 4.79 Å². The van der Waals surface area contributed by atoms with Crippen LogP contribution >= 0.6 is 34.4 Å². The Bertz CT molecular complexity index is 831. The second-order valence-corrected chi connectivity index (χ2v) is 7.40. The van der Waals surface area contributed by atoms with Gasteiger partial charge in [-0.1, -0.05) is 60.3 Å². The van der Waals surface area contributed by atoms with E-state index in [-0.39, 0.29) is 5.56 Å². The lowest BCUT2D eigenvalue weighted by Crippen LogP contribution is -2.14. The Hall–Kier alpha value is -1.53. The first-order valence-corrected chi connectivity index (χ1v) is 9.30. The monoisotopic (exact) mass is 433 g/mol. The molecule has 0 fully saturated rings. The van der Waals surface area contributed by atoms with Gasteiger partial charge in [-0.25, -0.2) is 0 Å². The number of hydrogen-bond acceptors (Lipinski definition) is 2. The molecule has 3 aromatic rings. The van der Waals surface area contributed by atoms with E-state index >= 15 is 0 Å². The Balaban J connectivity index is 1.80. The number of benzene rings is 2. The number of H-pyrrole nitrogens is 1. The number of halogens is 1. The summed E-state index contributed by atoms with van der Waals surface area (Å²) in [6, 6.07) is 22.6. The molecule has 0 unspecified atom stereocenters. The molecule has 116 valence electrons. The molecule has 0 aliphatic heterocycles. The standard InChI is InChI=1S/C19H16INOS/c20-18-17(23-16-9-5-2-6-10-16)13-15(21-19(18)22)12-11-14-7-3-1-4-8-14/h1-10,13H,11-12H2,(H,21,22). The van der Waals surface area contributed by atoms with Crippen molar-refractivity contribution in [1.29, 1.82) is 0 Å². The van der Waals surface area contributed by atoms with Crippen molar-refractivity contribution in [3.05, 3.63) is 91.9 Å². The molecule has 0 saturated heterocycles. The maximum Gasteiger partial charge on any atom is 0.262 e. The van der Waals surface area contributed by atoms with Crippen molar-refractivity contribution in [1.82, 2.24) is 4.98 Å². The fourth-order valence-corrected chi connectivity index (χ4v) is 3.87. The van der Waals surface area contributed by atoms with Gasteiger partial charge in [0.1, 0.15) is 0 Å². The Morgan fingerprint density at radius 2 is 1.57 bits per heavy atom. The van der Waals surface area contributed by atoms with Crippen molar-refractivity contribution < 1.29 is 0 Å². The van der Waals surface area contributed by atoms with E-state index in [4.69, 9.17) is 0 Å². The summed E-state index contributed by atoms with van der Waals surface area (Å²) in [4.78, 5) is 17.3. The second kappa shape index (κ2) is 7.84. The predicted molar refractivity (Wildman–Crippen MR) is 104 cm³/mol. The van der Waals surface area contributed by atoms with Gasteiger partial charge in [0.25, 0.3) is 5.56 Å². The van der Waals surface area contributed by atoms with E-state index in [1.807, 2.05) is 36.4 Å². The highest BCUT2D eigenvalue weighted by molar-refractivity contribution is 14.1. The predicted octanol–water partition coefficient (Wildman–Crippen LogP) is 4.92.